The van der Waals surface area contributed by atoms with E-state index in [4.69, 9.17) is 9.47 Å². The second kappa shape index (κ2) is 6.68. The summed E-state index contributed by atoms with van der Waals surface area (Å²) in [6, 6.07) is 0. The fraction of sp³-hybridized carbons (Fsp3) is 0.444. The van der Waals surface area contributed by atoms with E-state index in [0.717, 1.165) is 11.3 Å². The molecular formula is C18H21NO6S. The monoisotopic (exact) mass is 379 g/mol. The van der Waals surface area contributed by atoms with Crippen molar-refractivity contribution in [3.63, 3.8) is 0 Å². The van der Waals surface area contributed by atoms with Crippen LogP contribution in [0.25, 0.3) is 10.1 Å². The second-order valence-corrected chi connectivity index (χ2v) is 8.73. The van der Waals surface area contributed by atoms with E-state index >= 15 is 0 Å². The van der Waals surface area contributed by atoms with E-state index in [2.05, 4.69) is 4.98 Å². The average molecular weight is 379 g/mol. The summed E-state index contributed by atoms with van der Waals surface area (Å²) in [6.07, 6.45) is 2.68. The molecule has 0 saturated heterocycles. The third-order valence-corrected chi connectivity index (χ3v) is 4.13. The first-order valence-electron chi connectivity index (χ1n) is 7.90. The van der Waals surface area contributed by atoms with E-state index in [0.29, 0.717) is 4.70 Å². The predicted octanol–water partition coefficient (Wildman–Crippen LogP) is 3.91. The number of nitrogens with zero attached hydrogens (tertiary/aromatic N) is 1. The van der Waals surface area contributed by atoms with Crippen molar-refractivity contribution in [3.05, 3.63) is 28.4 Å². The van der Waals surface area contributed by atoms with Crippen LogP contribution in [0.3, 0.4) is 0 Å². The van der Waals surface area contributed by atoms with Crippen molar-refractivity contribution in [3.8, 4) is 0 Å². The summed E-state index contributed by atoms with van der Waals surface area (Å²) in [5.41, 5.74) is -1.70. The first-order valence-corrected chi connectivity index (χ1v) is 8.72. The first kappa shape index (κ1) is 19.8. The molecule has 2 aromatic heterocycles. The molecule has 0 radical (unpaired) electrons. The molecule has 7 nitrogen and oxygen atoms in total. The van der Waals surface area contributed by atoms with E-state index in [1.807, 2.05) is 0 Å². The van der Waals surface area contributed by atoms with Gasteiger partial charge in [-0.2, -0.15) is 0 Å². The molecule has 2 rings (SSSR count). The number of hydrogen-bond acceptors (Lipinski definition) is 7. The topological polar surface area (TPSA) is 103 Å². The Kier molecular flexibility index (Phi) is 5.10. The lowest BCUT2D eigenvalue weighted by atomic mass is 10.1. The van der Waals surface area contributed by atoms with Crippen LogP contribution >= 0.6 is 11.3 Å². The van der Waals surface area contributed by atoms with Gasteiger partial charge in [0.15, 0.2) is 0 Å². The number of aromatic carboxylic acids is 1. The zero-order valence-corrected chi connectivity index (χ0v) is 16.3. The molecule has 2 aromatic rings. The Morgan fingerprint density at radius 3 is 2.00 bits per heavy atom. The molecule has 0 spiro atoms. The third kappa shape index (κ3) is 4.37. The highest BCUT2D eigenvalue weighted by Crippen LogP contribution is 2.35. The van der Waals surface area contributed by atoms with Crippen molar-refractivity contribution in [2.24, 2.45) is 0 Å². The van der Waals surface area contributed by atoms with Crippen LogP contribution in [0.1, 0.15) is 71.9 Å². The van der Waals surface area contributed by atoms with Crippen LogP contribution in [0.15, 0.2) is 12.4 Å². The van der Waals surface area contributed by atoms with Crippen LogP contribution in [-0.4, -0.2) is 39.2 Å². The number of rotatable bonds is 3. The normalized spacial score (nSPS) is 12.1. The third-order valence-electron chi connectivity index (χ3n) is 3.02. The summed E-state index contributed by atoms with van der Waals surface area (Å²) in [4.78, 5) is 40.6. The number of thiophene rings is 1. The van der Waals surface area contributed by atoms with Gasteiger partial charge in [-0.1, -0.05) is 0 Å². The molecule has 0 bridgehead atoms. The summed E-state index contributed by atoms with van der Waals surface area (Å²) in [6.45, 7) is 10.2. The fourth-order valence-corrected chi connectivity index (χ4v) is 3.24. The predicted molar refractivity (Wildman–Crippen MR) is 96.9 cm³/mol. The summed E-state index contributed by atoms with van der Waals surface area (Å²) >= 11 is 0.865. The lowest BCUT2D eigenvalue weighted by Gasteiger charge is -2.21. The van der Waals surface area contributed by atoms with Gasteiger partial charge in [0.25, 0.3) is 0 Å². The van der Waals surface area contributed by atoms with Gasteiger partial charge >= 0.3 is 17.9 Å². The highest BCUT2D eigenvalue weighted by molar-refractivity contribution is 7.21. The zero-order chi connectivity index (χ0) is 19.9. The molecule has 1 N–H and O–H groups in total. The van der Waals surface area contributed by atoms with Gasteiger partial charge in [-0.25, -0.2) is 14.4 Å². The molecule has 0 fully saturated rings. The molecule has 0 saturated carbocycles. The standard InChI is InChI=1S/C18H21NO6S/c1-17(2,3)24-15(22)9-7-19-8-10-11(9)12(13(26-10)14(20)21)16(23)25-18(4,5)6/h7-8H,1-6H3,(H,20,21). The van der Waals surface area contributed by atoms with E-state index in [1.54, 1.807) is 41.5 Å². The molecule has 0 atom stereocenters. The van der Waals surface area contributed by atoms with Crippen LogP contribution in [0.2, 0.25) is 0 Å². The molecule has 0 aliphatic heterocycles. The number of aromatic nitrogens is 1. The number of carboxylic acids is 1. The van der Waals surface area contributed by atoms with Gasteiger partial charge in [-0.15, -0.1) is 11.3 Å². The van der Waals surface area contributed by atoms with Gasteiger partial charge in [-0.05, 0) is 41.5 Å². The Bertz CT molecular complexity index is 885. The highest BCUT2D eigenvalue weighted by atomic mass is 32.1. The number of fused-ring (bicyclic) bond motifs is 1. The van der Waals surface area contributed by atoms with Crippen LogP contribution in [0, 0.1) is 0 Å². The number of ether oxygens (including phenoxy) is 2. The molecule has 8 heteroatoms. The maximum atomic E-state index is 12.7. The first-order chi connectivity index (χ1) is 11.8. The van der Waals surface area contributed by atoms with Gasteiger partial charge in [0.2, 0.25) is 0 Å². The molecule has 2 heterocycles. The number of carbonyl (C=O) groups excluding carboxylic acids is 2. The van der Waals surface area contributed by atoms with Crippen LogP contribution in [-0.2, 0) is 9.47 Å². The lowest BCUT2D eigenvalue weighted by molar-refractivity contribution is 0.00660. The summed E-state index contributed by atoms with van der Waals surface area (Å²) < 4.78 is 11.1. The molecule has 140 valence electrons. The van der Waals surface area contributed by atoms with Crippen molar-refractivity contribution in [1.29, 1.82) is 0 Å². The van der Waals surface area contributed by atoms with Gasteiger partial charge < -0.3 is 14.6 Å². The molecule has 26 heavy (non-hydrogen) atoms. The molecule has 0 amide bonds. The maximum Gasteiger partial charge on any atom is 0.346 e. The van der Waals surface area contributed by atoms with Crippen LogP contribution in [0.5, 0.6) is 0 Å². The largest absolute Gasteiger partial charge is 0.477 e. The summed E-state index contributed by atoms with van der Waals surface area (Å²) in [5, 5.41) is 9.68. The zero-order valence-electron chi connectivity index (χ0n) is 15.5. The Morgan fingerprint density at radius 2 is 1.50 bits per heavy atom. The molecule has 0 aliphatic rings. The Morgan fingerprint density at radius 1 is 0.962 bits per heavy atom. The molecule has 0 aliphatic carbocycles. The van der Waals surface area contributed by atoms with E-state index in [9.17, 15) is 19.5 Å². The van der Waals surface area contributed by atoms with Crippen LogP contribution < -0.4 is 0 Å². The van der Waals surface area contributed by atoms with Crippen molar-refractivity contribution >= 4 is 39.3 Å². The highest BCUT2D eigenvalue weighted by Gasteiger charge is 2.31. The Labute approximate surface area is 154 Å². The smallest absolute Gasteiger partial charge is 0.346 e. The Balaban J connectivity index is 2.72. The number of pyridine rings is 1. The molecule has 0 unspecified atom stereocenters. The SMILES string of the molecule is CC(C)(C)OC(=O)c1cncc2sc(C(=O)O)c(C(=O)OC(C)(C)C)c12. The number of carbonyl (C=O) groups is 3. The van der Waals surface area contributed by atoms with E-state index < -0.39 is 29.1 Å². The molecule has 0 aromatic carbocycles. The number of hydrogen-bond donors (Lipinski definition) is 1. The minimum atomic E-state index is -1.28. The average Bonchev–Trinajstić information content (AvgIpc) is 2.82. The summed E-state index contributed by atoms with van der Waals surface area (Å²) in [5.74, 6) is -2.77. The van der Waals surface area contributed by atoms with Gasteiger partial charge in [0.05, 0.1) is 15.8 Å². The van der Waals surface area contributed by atoms with E-state index in [1.165, 1.54) is 12.4 Å². The van der Waals surface area contributed by atoms with E-state index in [-0.39, 0.29) is 21.4 Å². The van der Waals surface area contributed by atoms with Crippen molar-refractivity contribution in [2.75, 3.05) is 0 Å². The van der Waals surface area contributed by atoms with Crippen molar-refractivity contribution in [1.82, 2.24) is 4.98 Å². The van der Waals surface area contributed by atoms with Gasteiger partial charge in [0.1, 0.15) is 16.1 Å². The molecular weight excluding hydrogens is 358 g/mol. The quantitative estimate of drug-likeness (QED) is 0.807. The number of carboxylic acid groups (broad SMARTS) is 1. The van der Waals surface area contributed by atoms with Crippen molar-refractivity contribution in [2.45, 2.75) is 52.7 Å². The Hall–Kier alpha value is -2.48. The fourth-order valence-electron chi connectivity index (χ4n) is 2.21. The minimum Gasteiger partial charge on any atom is -0.477 e. The number of esters is 2. The summed E-state index contributed by atoms with van der Waals surface area (Å²) in [7, 11) is 0. The van der Waals surface area contributed by atoms with Gasteiger partial charge in [0, 0.05) is 17.8 Å². The lowest BCUT2D eigenvalue weighted by Crippen LogP contribution is -2.26. The minimum absolute atomic E-state index is 0.0297. The maximum absolute atomic E-state index is 12.7. The van der Waals surface area contributed by atoms with Crippen molar-refractivity contribution < 1.29 is 29.0 Å². The van der Waals surface area contributed by atoms with Gasteiger partial charge in [-0.3, -0.25) is 4.98 Å². The second-order valence-electron chi connectivity index (χ2n) is 7.68. The van der Waals surface area contributed by atoms with Crippen LogP contribution in [0.4, 0.5) is 0 Å².